The molecule has 0 aliphatic rings. The summed E-state index contributed by atoms with van der Waals surface area (Å²) in [7, 11) is 0. The fraction of sp³-hybridized carbons (Fsp3) is 0. The van der Waals surface area contributed by atoms with Gasteiger partial charge in [0.2, 0.25) is 0 Å². The number of hydrogen-bond acceptors (Lipinski definition) is 5. The number of carbonyl (C=O) groups excluding carboxylic acids is 1. The number of amides is 1. The van der Waals surface area contributed by atoms with Gasteiger partial charge in [0.1, 0.15) is 11.5 Å². The third-order valence-corrected chi connectivity index (χ3v) is 5.29. The molecule has 0 bridgehead atoms. The lowest BCUT2D eigenvalue weighted by Gasteiger charge is -2.08. The molecule has 0 spiro atoms. The largest absolute Gasteiger partial charge is 0.350 e. The van der Waals surface area contributed by atoms with Gasteiger partial charge in [0.05, 0.1) is 6.20 Å². The lowest BCUT2D eigenvalue weighted by Crippen LogP contribution is -2.21. The number of hydrogen-bond donors (Lipinski definition) is 4. The molecule has 3 aromatic heterocycles. The Balaban J connectivity index is 1.36. The summed E-state index contributed by atoms with van der Waals surface area (Å²) in [5.74, 6) is 0.974. The van der Waals surface area contributed by atoms with E-state index < -0.39 is 0 Å². The fourth-order valence-electron chi connectivity index (χ4n) is 3.52. The topological polar surface area (TPSA) is 111 Å². The second-order valence-corrected chi connectivity index (χ2v) is 7.62. The number of allylic oxidation sites excluding steroid dienone is 1. The Hall–Kier alpha value is -4.98. The third-order valence-electron chi connectivity index (χ3n) is 5.29. The van der Waals surface area contributed by atoms with Gasteiger partial charge in [0.25, 0.3) is 5.91 Å². The van der Waals surface area contributed by atoms with Crippen molar-refractivity contribution in [3.63, 3.8) is 0 Å². The van der Waals surface area contributed by atoms with Crippen LogP contribution in [0.15, 0.2) is 98.1 Å². The Bertz CT molecular complexity index is 1500. The Kier molecular flexibility index (Phi) is 5.45. The fourth-order valence-corrected chi connectivity index (χ4v) is 3.52. The first-order valence-electron chi connectivity index (χ1n) is 10.5. The number of rotatable bonds is 7. The Morgan fingerprint density at radius 1 is 1.00 bits per heavy atom. The van der Waals surface area contributed by atoms with Crippen molar-refractivity contribution < 1.29 is 4.79 Å². The molecule has 34 heavy (non-hydrogen) atoms. The van der Waals surface area contributed by atoms with E-state index >= 15 is 0 Å². The van der Waals surface area contributed by atoms with E-state index in [1.165, 1.54) is 6.08 Å². The highest BCUT2D eigenvalue weighted by Gasteiger charge is 2.11. The maximum Gasteiger partial charge on any atom is 0.272 e. The van der Waals surface area contributed by atoms with E-state index in [-0.39, 0.29) is 5.91 Å². The zero-order valence-corrected chi connectivity index (χ0v) is 18.2. The lowest BCUT2D eigenvalue weighted by molar-refractivity contribution is 0.0963. The van der Waals surface area contributed by atoms with Gasteiger partial charge in [-0.1, -0.05) is 37.4 Å². The van der Waals surface area contributed by atoms with Crippen LogP contribution in [0.2, 0.25) is 0 Å². The zero-order chi connectivity index (χ0) is 23.5. The van der Waals surface area contributed by atoms with Crippen LogP contribution in [-0.2, 0) is 0 Å². The highest BCUT2D eigenvalue weighted by Crippen LogP contribution is 2.25. The summed E-state index contributed by atoms with van der Waals surface area (Å²) in [6, 6.07) is 17.4. The van der Waals surface area contributed by atoms with E-state index in [1.54, 1.807) is 18.5 Å². The van der Waals surface area contributed by atoms with Crippen molar-refractivity contribution in [3.8, 4) is 22.5 Å². The molecule has 0 fully saturated rings. The molecule has 5 rings (SSSR count). The first kappa shape index (κ1) is 20.9. The van der Waals surface area contributed by atoms with Gasteiger partial charge in [-0.25, -0.2) is 9.97 Å². The number of anilines is 2. The monoisotopic (exact) mass is 447 g/mol. The molecule has 5 aromatic rings. The Morgan fingerprint density at radius 3 is 2.59 bits per heavy atom. The van der Waals surface area contributed by atoms with Gasteiger partial charge in [0, 0.05) is 45.8 Å². The van der Waals surface area contributed by atoms with Gasteiger partial charge in [-0.05, 0) is 42.0 Å². The van der Waals surface area contributed by atoms with Gasteiger partial charge in [-0.15, -0.1) is 0 Å². The number of H-pyrrole nitrogens is 2. The molecule has 0 aliphatic carbocycles. The molecule has 8 nitrogen and oxygen atoms in total. The Morgan fingerprint density at radius 2 is 1.82 bits per heavy atom. The van der Waals surface area contributed by atoms with E-state index in [2.05, 4.69) is 48.9 Å². The molecule has 0 saturated carbocycles. The number of benzene rings is 2. The van der Waals surface area contributed by atoms with E-state index in [0.717, 1.165) is 33.3 Å². The van der Waals surface area contributed by atoms with Crippen LogP contribution in [0, 0.1) is 0 Å². The van der Waals surface area contributed by atoms with E-state index in [9.17, 15) is 4.79 Å². The summed E-state index contributed by atoms with van der Waals surface area (Å²) in [5, 5.41) is 13.7. The quantitative estimate of drug-likeness (QED) is 0.257. The van der Waals surface area contributed by atoms with Crippen LogP contribution in [-0.4, -0.2) is 31.1 Å². The molecule has 2 aromatic carbocycles. The molecular weight excluding hydrogens is 426 g/mol. The van der Waals surface area contributed by atoms with Crippen molar-refractivity contribution in [3.05, 3.63) is 104 Å². The molecule has 0 radical (unpaired) electrons. The predicted molar refractivity (Wildman–Crippen MR) is 133 cm³/mol. The molecule has 0 atom stereocenters. The van der Waals surface area contributed by atoms with Crippen LogP contribution in [0.4, 0.5) is 11.5 Å². The summed E-state index contributed by atoms with van der Waals surface area (Å²) < 4.78 is 0. The van der Waals surface area contributed by atoms with Crippen LogP contribution < -0.4 is 10.6 Å². The van der Waals surface area contributed by atoms with Crippen molar-refractivity contribution in [2.75, 3.05) is 5.32 Å². The lowest BCUT2D eigenvalue weighted by atomic mass is 10.1. The van der Waals surface area contributed by atoms with Crippen LogP contribution in [0.3, 0.4) is 0 Å². The average molecular weight is 448 g/mol. The minimum Gasteiger partial charge on any atom is -0.350 e. The predicted octanol–water partition coefficient (Wildman–Crippen LogP) is 5.19. The van der Waals surface area contributed by atoms with E-state index in [0.29, 0.717) is 23.0 Å². The number of aromatic nitrogens is 5. The third kappa shape index (κ3) is 4.33. The first-order valence-corrected chi connectivity index (χ1v) is 10.5. The summed E-state index contributed by atoms with van der Waals surface area (Å²) in [6.45, 7) is 7.31. The smallest absolute Gasteiger partial charge is 0.272 e. The van der Waals surface area contributed by atoms with Gasteiger partial charge in [-0.2, -0.15) is 5.10 Å². The van der Waals surface area contributed by atoms with Crippen molar-refractivity contribution >= 4 is 28.3 Å². The van der Waals surface area contributed by atoms with Crippen LogP contribution in [0.1, 0.15) is 10.5 Å². The van der Waals surface area contributed by atoms with Crippen molar-refractivity contribution in [2.24, 2.45) is 0 Å². The zero-order valence-electron chi connectivity index (χ0n) is 18.2. The van der Waals surface area contributed by atoms with Crippen molar-refractivity contribution in [1.29, 1.82) is 0 Å². The average Bonchev–Trinajstić information content (AvgIpc) is 3.54. The molecule has 0 saturated heterocycles. The van der Waals surface area contributed by atoms with Crippen molar-refractivity contribution in [1.82, 2.24) is 30.5 Å². The molecular formula is C26H21N7O. The van der Waals surface area contributed by atoms with E-state index in [1.807, 2.05) is 54.7 Å². The molecule has 0 unspecified atom stereocenters. The molecule has 4 N–H and O–H groups in total. The molecule has 166 valence electrons. The molecule has 1 amide bonds. The second-order valence-electron chi connectivity index (χ2n) is 7.62. The summed E-state index contributed by atoms with van der Waals surface area (Å²) in [6.07, 6.45) is 6.84. The standard InChI is InChI=1S/C26H21N7O/c1-3-16(2)30-26(34)23-12-18-4-5-19(13-22(18)32-23)25-27-11-10-24(33-25)31-21-8-6-17(7-9-21)20-14-28-29-15-20/h3-15,32H,1-2H2,(H,28,29)(H,30,34)(H,27,31,33). The molecule has 8 heteroatoms. The summed E-state index contributed by atoms with van der Waals surface area (Å²) >= 11 is 0. The number of nitrogens with zero attached hydrogens (tertiary/aromatic N) is 3. The van der Waals surface area contributed by atoms with Gasteiger partial charge in [-0.3, -0.25) is 9.89 Å². The molecule has 3 heterocycles. The highest BCUT2D eigenvalue weighted by molar-refractivity contribution is 5.99. The normalized spacial score (nSPS) is 10.7. The van der Waals surface area contributed by atoms with Crippen LogP contribution >= 0.6 is 0 Å². The van der Waals surface area contributed by atoms with Gasteiger partial charge in [0.15, 0.2) is 5.82 Å². The number of aromatic amines is 2. The summed E-state index contributed by atoms with van der Waals surface area (Å²) in [5.41, 5.74) is 5.53. The maximum absolute atomic E-state index is 12.4. The Labute approximate surface area is 195 Å². The van der Waals surface area contributed by atoms with Crippen molar-refractivity contribution in [2.45, 2.75) is 0 Å². The summed E-state index contributed by atoms with van der Waals surface area (Å²) in [4.78, 5) is 24.6. The second kappa shape index (κ2) is 8.87. The SMILES string of the molecule is C=CC(=C)NC(=O)c1cc2ccc(-c3nccc(Nc4ccc(-c5cn[nH]c5)cc4)n3)cc2[nH]1. The number of nitrogens with one attached hydrogen (secondary N) is 4. The first-order chi connectivity index (χ1) is 16.6. The molecule has 0 aliphatic heterocycles. The maximum atomic E-state index is 12.4. The van der Waals surface area contributed by atoms with E-state index in [4.69, 9.17) is 0 Å². The van der Waals surface area contributed by atoms with Crippen LogP contribution in [0.5, 0.6) is 0 Å². The van der Waals surface area contributed by atoms with Gasteiger partial charge < -0.3 is 15.6 Å². The minimum atomic E-state index is -0.274. The minimum absolute atomic E-state index is 0.274. The number of fused-ring (bicyclic) bond motifs is 1. The highest BCUT2D eigenvalue weighted by atomic mass is 16.1. The van der Waals surface area contributed by atoms with Gasteiger partial charge >= 0.3 is 0 Å². The van der Waals surface area contributed by atoms with Crippen LogP contribution in [0.25, 0.3) is 33.4 Å². The number of carbonyl (C=O) groups is 1.